The molecule has 150 valence electrons. The van der Waals surface area contributed by atoms with Gasteiger partial charge < -0.3 is 9.84 Å². The Morgan fingerprint density at radius 1 is 1.25 bits per heavy atom. The van der Waals surface area contributed by atoms with E-state index in [-0.39, 0.29) is 24.4 Å². The van der Waals surface area contributed by atoms with Gasteiger partial charge in [-0.1, -0.05) is 42.7 Å². The van der Waals surface area contributed by atoms with Crippen molar-refractivity contribution in [2.45, 2.75) is 25.8 Å². The van der Waals surface area contributed by atoms with Gasteiger partial charge in [-0.3, -0.25) is 4.90 Å². The van der Waals surface area contributed by atoms with Gasteiger partial charge >= 0.3 is 0 Å². The van der Waals surface area contributed by atoms with Gasteiger partial charge in [0, 0.05) is 25.6 Å². The minimum atomic E-state index is 0. The third-order valence-corrected chi connectivity index (χ3v) is 4.99. The van der Waals surface area contributed by atoms with Crippen LogP contribution in [0.4, 0.5) is 0 Å². The Balaban J connectivity index is 0.00000225. The zero-order valence-corrected chi connectivity index (χ0v) is 17.5. The van der Waals surface area contributed by atoms with Gasteiger partial charge in [-0.15, -0.1) is 17.5 Å². The van der Waals surface area contributed by atoms with Gasteiger partial charge in [0.2, 0.25) is 5.82 Å². The van der Waals surface area contributed by atoms with Crippen LogP contribution in [0, 0.1) is 0 Å². The van der Waals surface area contributed by atoms with Crippen molar-refractivity contribution in [2.24, 2.45) is 0 Å². The first-order chi connectivity index (χ1) is 13.0. The Kier molecular flexibility index (Phi) is 6.34. The van der Waals surface area contributed by atoms with E-state index in [2.05, 4.69) is 51.3 Å². The lowest BCUT2D eigenvalue weighted by molar-refractivity contribution is 0.190. The average molecular weight is 424 g/mol. The molecule has 2 aromatic heterocycles. The Hall–Kier alpha value is -2.00. The number of rotatable bonds is 4. The van der Waals surface area contributed by atoms with E-state index in [1.807, 2.05) is 24.3 Å². The number of nitrogens with one attached hydrogen (secondary N) is 1. The number of hydrogen-bond acceptors (Lipinski definition) is 7. The SMILES string of the molecule is CC(C)c1nc(-c2nc(C3CNCCN3C)no2)nn1-c1ccccc1Cl.Cl. The normalized spacial score (nSPS) is 17.7. The second-order valence-electron chi connectivity index (χ2n) is 6.97. The second-order valence-corrected chi connectivity index (χ2v) is 7.38. The van der Waals surface area contributed by atoms with Crippen LogP contribution in [0.2, 0.25) is 5.02 Å². The molecular weight excluding hydrogens is 401 g/mol. The molecular formula is C18H23Cl2N7O. The molecule has 1 atom stereocenters. The molecule has 28 heavy (non-hydrogen) atoms. The quantitative estimate of drug-likeness (QED) is 0.689. The molecule has 0 radical (unpaired) electrons. The van der Waals surface area contributed by atoms with Crippen molar-refractivity contribution in [1.29, 1.82) is 0 Å². The van der Waals surface area contributed by atoms with Crippen LogP contribution in [0.3, 0.4) is 0 Å². The van der Waals surface area contributed by atoms with Gasteiger partial charge in [0.05, 0.1) is 16.8 Å². The maximum absolute atomic E-state index is 6.36. The average Bonchev–Trinajstić information content (AvgIpc) is 3.29. The number of nitrogens with zero attached hydrogens (tertiary/aromatic N) is 6. The van der Waals surface area contributed by atoms with E-state index >= 15 is 0 Å². The lowest BCUT2D eigenvalue weighted by atomic mass is 10.2. The summed E-state index contributed by atoms with van der Waals surface area (Å²) in [5.41, 5.74) is 0.776. The van der Waals surface area contributed by atoms with Gasteiger partial charge in [-0.25, -0.2) is 9.67 Å². The molecule has 0 aliphatic carbocycles. The summed E-state index contributed by atoms with van der Waals surface area (Å²) in [7, 11) is 2.06. The molecule has 1 fully saturated rings. The molecule has 1 N–H and O–H groups in total. The number of hydrogen-bond donors (Lipinski definition) is 1. The lowest BCUT2D eigenvalue weighted by Crippen LogP contribution is -2.44. The van der Waals surface area contributed by atoms with Gasteiger partial charge in [0.15, 0.2) is 5.82 Å². The number of benzene rings is 1. The lowest BCUT2D eigenvalue weighted by Gasteiger charge is -2.30. The first-order valence-electron chi connectivity index (χ1n) is 9.01. The molecule has 0 spiro atoms. The Labute approximate surface area is 174 Å². The Morgan fingerprint density at radius 2 is 2.04 bits per heavy atom. The second kappa shape index (κ2) is 8.57. The van der Waals surface area contributed by atoms with E-state index in [4.69, 9.17) is 16.1 Å². The van der Waals surface area contributed by atoms with Crippen LogP contribution >= 0.6 is 24.0 Å². The van der Waals surface area contributed by atoms with Crippen molar-refractivity contribution < 1.29 is 4.52 Å². The van der Waals surface area contributed by atoms with E-state index in [0.29, 0.717) is 22.6 Å². The van der Waals surface area contributed by atoms with Crippen molar-refractivity contribution in [1.82, 2.24) is 35.1 Å². The van der Waals surface area contributed by atoms with Crippen molar-refractivity contribution in [3.8, 4) is 17.4 Å². The standard InChI is InChI=1S/C18H22ClN7O.ClH/c1-11(2)17-21-16(23-26(17)13-7-5-4-6-12(13)19)18-22-15(24-27-18)14-10-20-8-9-25(14)3;/h4-7,11,14,20H,8-10H2,1-3H3;1H. The van der Waals surface area contributed by atoms with Crippen molar-refractivity contribution in [3.05, 3.63) is 40.9 Å². The molecule has 1 unspecified atom stereocenters. The van der Waals surface area contributed by atoms with E-state index in [0.717, 1.165) is 31.1 Å². The molecule has 0 amide bonds. The number of piperazine rings is 1. The molecule has 4 rings (SSSR count). The van der Waals surface area contributed by atoms with Crippen molar-refractivity contribution >= 4 is 24.0 Å². The summed E-state index contributed by atoms with van der Waals surface area (Å²) in [5, 5.41) is 12.7. The molecule has 1 aliphatic rings. The van der Waals surface area contributed by atoms with Crippen LogP contribution in [-0.4, -0.2) is 56.5 Å². The van der Waals surface area contributed by atoms with Gasteiger partial charge in [-0.2, -0.15) is 4.98 Å². The fraction of sp³-hybridized carbons (Fsp3) is 0.444. The largest absolute Gasteiger partial charge is 0.330 e. The van der Waals surface area contributed by atoms with Gasteiger partial charge in [0.25, 0.3) is 5.89 Å². The van der Waals surface area contributed by atoms with Crippen LogP contribution in [0.25, 0.3) is 17.4 Å². The van der Waals surface area contributed by atoms with Crippen LogP contribution in [-0.2, 0) is 0 Å². The van der Waals surface area contributed by atoms with Crippen molar-refractivity contribution in [2.75, 3.05) is 26.7 Å². The van der Waals surface area contributed by atoms with Crippen LogP contribution in [0.15, 0.2) is 28.8 Å². The molecule has 1 aromatic carbocycles. The summed E-state index contributed by atoms with van der Waals surface area (Å²) in [4.78, 5) is 11.4. The summed E-state index contributed by atoms with van der Waals surface area (Å²) in [5.74, 6) is 2.30. The highest BCUT2D eigenvalue weighted by molar-refractivity contribution is 6.32. The number of aromatic nitrogens is 5. The third kappa shape index (κ3) is 3.91. The van der Waals surface area contributed by atoms with E-state index < -0.39 is 0 Å². The Bertz CT molecular complexity index is 940. The maximum Gasteiger partial charge on any atom is 0.297 e. The maximum atomic E-state index is 6.36. The van der Waals surface area contributed by atoms with Crippen LogP contribution < -0.4 is 5.32 Å². The topological polar surface area (TPSA) is 84.9 Å². The first-order valence-corrected chi connectivity index (χ1v) is 9.39. The number of para-hydroxylation sites is 1. The predicted octanol–water partition coefficient (Wildman–Crippen LogP) is 3.09. The highest BCUT2D eigenvalue weighted by Crippen LogP contribution is 2.27. The molecule has 3 heterocycles. The predicted molar refractivity (Wildman–Crippen MR) is 109 cm³/mol. The third-order valence-electron chi connectivity index (χ3n) is 4.67. The molecule has 1 saturated heterocycles. The molecule has 10 heteroatoms. The van der Waals surface area contributed by atoms with Gasteiger partial charge in [0.1, 0.15) is 5.82 Å². The van der Waals surface area contributed by atoms with E-state index in [1.165, 1.54) is 0 Å². The molecule has 1 aliphatic heterocycles. The zero-order chi connectivity index (χ0) is 19.0. The summed E-state index contributed by atoms with van der Waals surface area (Å²) in [6.07, 6.45) is 0. The Morgan fingerprint density at radius 3 is 2.75 bits per heavy atom. The number of halogens is 2. The number of likely N-dealkylation sites (N-methyl/N-ethyl adjacent to an activating group) is 1. The molecule has 3 aromatic rings. The van der Waals surface area contributed by atoms with Crippen LogP contribution in [0.1, 0.15) is 37.5 Å². The zero-order valence-electron chi connectivity index (χ0n) is 16.0. The smallest absolute Gasteiger partial charge is 0.297 e. The fourth-order valence-corrected chi connectivity index (χ4v) is 3.36. The summed E-state index contributed by atoms with van der Waals surface area (Å²) >= 11 is 6.36. The van der Waals surface area contributed by atoms with E-state index in [9.17, 15) is 0 Å². The summed E-state index contributed by atoms with van der Waals surface area (Å²) in [6.45, 7) is 6.80. The van der Waals surface area contributed by atoms with Crippen LogP contribution in [0.5, 0.6) is 0 Å². The minimum Gasteiger partial charge on any atom is -0.330 e. The van der Waals surface area contributed by atoms with Crippen molar-refractivity contribution in [3.63, 3.8) is 0 Å². The first kappa shape index (κ1) is 20.7. The highest BCUT2D eigenvalue weighted by atomic mass is 35.5. The molecule has 8 nitrogen and oxygen atoms in total. The van der Waals surface area contributed by atoms with E-state index in [1.54, 1.807) is 4.68 Å². The fourth-order valence-electron chi connectivity index (χ4n) is 3.14. The highest BCUT2D eigenvalue weighted by Gasteiger charge is 2.27. The minimum absolute atomic E-state index is 0. The van der Waals surface area contributed by atoms with Gasteiger partial charge in [-0.05, 0) is 19.2 Å². The summed E-state index contributed by atoms with van der Waals surface area (Å²) < 4.78 is 7.23. The monoisotopic (exact) mass is 423 g/mol. The molecule has 0 saturated carbocycles. The summed E-state index contributed by atoms with van der Waals surface area (Å²) in [6, 6.07) is 7.63. The molecule has 0 bridgehead atoms.